The SMILES string of the molecule is CCc1ccccc1C[NH2+]Cc1ccccc1CC.COc1c(F)c(F)c([B-](c2c(F)c(F)c(OC)c(F)c2F)(c2c(F)c(F)c(OC)c(F)c2F)c2c(F)c(F)c(OC)c(F)c2F)c(F)c1F. The van der Waals surface area contributed by atoms with E-state index in [4.69, 9.17) is 0 Å². The Labute approximate surface area is 377 Å². The van der Waals surface area contributed by atoms with Crippen LogP contribution in [0.15, 0.2) is 48.5 Å². The summed E-state index contributed by atoms with van der Waals surface area (Å²) >= 11 is 0. The molecule has 0 unspecified atom stereocenters. The lowest BCUT2D eigenvalue weighted by molar-refractivity contribution is -0.686. The Bertz CT molecular complexity index is 2440. The fourth-order valence-electron chi connectivity index (χ4n) is 8.20. The number of hydrogen-bond acceptors (Lipinski definition) is 4. The average molecular weight is 982 g/mol. The number of aryl methyl sites for hydroxylation is 2. The maximum atomic E-state index is 16.1. The monoisotopic (exact) mass is 981 g/mol. The second-order valence-electron chi connectivity index (χ2n) is 14.6. The predicted octanol–water partition coefficient (Wildman–Crippen LogP) is 8.40. The first-order valence-corrected chi connectivity index (χ1v) is 19.9. The molecule has 0 aliphatic heterocycles. The van der Waals surface area contributed by atoms with Gasteiger partial charge in [0.1, 0.15) is 65.8 Å². The average Bonchev–Trinajstić information content (AvgIpc) is 3.33. The van der Waals surface area contributed by atoms with Gasteiger partial charge in [0.15, 0.2) is 23.0 Å². The first kappa shape index (κ1) is 52.4. The minimum absolute atomic E-state index is 0.327. The summed E-state index contributed by atoms with van der Waals surface area (Å²) in [6.07, 6.45) is -4.56. The zero-order valence-electron chi connectivity index (χ0n) is 36.3. The van der Waals surface area contributed by atoms with Gasteiger partial charge in [-0.25, -0.2) is 35.1 Å². The molecule has 6 rings (SSSR count). The smallest absolute Gasteiger partial charge is 0.200 e. The third-order valence-electron chi connectivity index (χ3n) is 11.3. The molecule has 5 nitrogen and oxygen atoms in total. The number of nitrogens with two attached hydrogens (primary N) is 1. The molecule has 2 N–H and O–H groups in total. The van der Waals surface area contributed by atoms with E-state index < -0.39 is 144 Å². The van der Waals surface area contributed by atoms with Crippen molar-refractivity contribution >= 4 is 28.0 Å². The summed E-state index contributed by atoms with van der Waals surface area (Å²) in [6, 6.07) is 17.5. The van der Waals surface area contributed by atoms with Crippen molar-refractivity contribution in [3.8, 4) is 23.0 Å². The van der Waals surface area contributed by atoms with Gasteiger partial charge in [-0.15, -0.1) is 21.9 Å². The number of quaternary nitrogens is 1. The Hall–Kier alpha value is -6.58. The van der Waals surface area contributed by atoms with Crippen molar-refractivity contribution in [1.82, 2.24) is 0 Å². The summed E-state index contributed by atoms with van der Waals surface area (Å²) in [7, 11) is 1.31. The number of ether oxygens (including phenoxy) is 4. The van der Waals surface area contributed by atoms with Crippen LogP contribution in [0.5, 0.6) is 23.0 Å². The van der Waals surface area contributed by atoms with Gasteiger partial charge in [0.2, 0.25) is 46.5 Å². The van der Waals surface area contributed by atoms with Crippen LogP contribution in [0.2, 0.25) is 0 Å². The van der Waals surface area contributed by atoms with Crippen LogP contribution in [-0.2, 0) is 25.9 Å². The van der Waals surface area contributed by atoms with E-state index in [-0.39, 0.29) is 0 Å². The summed E-state index contributed by atoms with van der Waals surface area (Å²) in [4.78, 5) is 0. The Morgan fingerprint density at radius 1 is 0.324 bits per heavy atom. The maximum Gasteiger partial charge on any atom is 0.200 e. The van der Waals surface area contributed by atoms with Crippen LogP contribution in [-0.4, -0.2) is 34.6 Å². The molecule has 0 fully saturated rings. The Morgan fingerprint density at radius 3 is 0.691 bits per heavy atom. The normalized spacial score (nSPS) is 11.4. The minimum atomic E-state index is -6.80. The Morgan fingerprint density at radius 2 is 0.515 bits per heavy atom. The van der Waals surface area contributed by atoms with Crippen molar-refractivity contribution in [2.45, 2.75) is 39.8 Å². The zero-order valence-corrected chi connectivity index (χ0v) is 36.3. The van der Waals surface area contributed by atoms with E-state index in [1.165, 1.54) is 22.3 Å². The topological polar surface area (TPSA) is 53.5 Å². The first-order valence-electron chi connectivity index (χ1n) is 19.9. The molecule has 68 heavy (non-hydrogen) atoms. The number of hydrogen-bond donors (Lipinski definition) is 1. The predicted molar refractivity (Wildman–Crippen MR) is 217 cm³/mol. The highest BCUT2D eigenvalue weighted by atomic mass is 19.2. The maximum absolute atomic E-state index is 16.1. The number of benzene rings is 6. The highest BCUT2D eigenvalue weighted by molar-refractivity contribution is 7.20. The number of methoxy groups -OCH3 is 4. The molecule has 0 saturated carbocycles. The Kier molecular flexibility index (Phi) is 16.3. The molecular formula is C46H36BF16NO4. The van der Waals surface area contributed by atoms with E-state index in [0.717, 1.165) is 25.9 Å². The zero-order chi connectivity index (χ0) is 50.7. The lowest BCUT2D eigenvalue weighted by Gasteiger charge is -2.45. The van der Waals surface area contributed by atoms with Crippen molar-refractivity contribution in [1.29, 1.82) is 0 Å². The quantitative estimate of drug-likeness (QED) is 0.0678. The van der Waals surface area contributed by atoms with Gasteiger partial charge >= 0.3 is 0 Å². The fourth-order valence-corrected chi connectivity index (χ4v) is 8.20. The van der Waals surface area contributed by atoms with Crippen molar-refractivity contribution in [2.24, 2.45) is 0 Å². The summed E-state index contributed by atoms with van der Waals surface area (Å²) in [6.45, 7) is 6.60. The number of halogens is 16. The van der Waals surface area contributed by atoms with Crippen LogP contribution in [0.4, 0.5) is 70.2 Å². The standard InChI is InChI=1S/C28H12BF16O4.C18H23N/c1-46-25-17(38)9(30)5(10(31)18(25)39)29(6-11(32)19(40)26(47-2)20(41)12(6)33,7-13(34)21(42)27(48-3)22(43)14(7)35)8-15(36)23(44)28(49-4)24(45)16(8)37;1-3-15-9-5-7-11-17(15)13-19-14-18-12-8-6-10-16(18)4-2/h1-4H3;5-12,19H,3-4,13-14H2,1-2H3/q-1;/p+1. The van der Waals surface area contributed by atoms with Crippen LogP contribution >= 0.6 is 0 Å². The molecule has 6 aromatic rings. The van der Waals surface area contributed by atoms with Crippen LogP contribution < -0.4 is 46.1 Å². The van der Waals surface area contributed by atoms with Crippen LogP contribution in [0, 0.1) is 93.1 Å². The second-order valence-corrected chi connectivity index (χ2v) is 14.6. The van der Waals surface area contributed by atoms with Crippen LogP contribution in [0.3, 0.4) is 0 Å². The minimum Gasteiger partial charge on any atom is -0.491 e. The van der Waals surface area contributed by atoms with Crippen molar-refractivity contribution in [2.75, 3.05) is 28.4 Å². The van der Waals surface area contributed by atoms with E-state index in [1.807, 2.05) is 0 Å². The number of rotatable bonds is 14. The highest BCUT2D eigenvalue weighted by Crippen LogP contribution is 2.36. The lowest BCUT2D eigenvalue weighted by Crippen LogP contribution is -2.81. The van der Waals surface area contributed by atoms with Gasteiger partial charge in [-0.05, 0) is 24.0 Å². The molecule has 0 aliphatic carbocycles. The molecule has 6 aromatic carbocycles. The summed E-state index contributed by atoms with van der Waals surface area (Å²) in [5, 5.41) is 2.41. The Balaban J connectivity index is 0.000000377. The largest absolute Gasteiger partial charge is 0.491 e. The molecule has 0 atom stereocenters. The van der Waals surface area contributed by atoms with E-state index in [1.54, 1.807) is 0 Å². The van der Waals surface area contributed by atoms with E-state index in [0.29, 0.717) is 28.4 Å². The summed E-state index contributed by atoms with van der Waals surface area (Å²) in [5.74, 6) is -57.7. The molecule has 0 aliphatic rings. The van der Waals surface area contributed by atoms with Gasteiger partial charge in [-0.3, -0.25) is 0 Å². The molecule has 0 amide bonds. The van der Waals surface area contributed by atoms with Crippen LogP contribution in [0.25, 0.3) is 0 Å². The van der Waals surface area contributed by atoms with Gasteiger partial charge in [0.05, 0.1) is 28.4 Å². The summed E-state index contributed by atoms with van der Waals surface area (Å²) < 4.78 is 267. The fraction of sp³-hybridized carbons (Fsp3) is 0.217. The van der Waals surface area contributed by atoms with Gasteiger partial charge in [-0.1, -0.05) is 62.4 Å². The highest BCUT2D eigenvalue weighted by Gasteiger charge is 2.52. The molecular weight excluding hydrogens is 945 g/mol. The van der Waals surface area contributed by atoms with Crippen LogP contribution in [0.1, 0.15) is 36.1 Å². The molecule has 22 heteroatoms. The molecule has 0 saturated heterocycles. The molecule has 0 bridgehead atoms. The van der Waals surface area contributed by atoms with Gasteiger partial charge in [0.25, 0.3) is 0 Å². The van der Waals surface area contributed by atoms with E-state index >= 15 is 70.2 Å². The molecule has 0 heterocycles. The molecule has 0 radical (unpaired) electrons. The van der Waals surface area contributed by atoms with Gasteiger partial charge in [0, 0.05) is 11.1 Å². The third-order valence-corrected chi connectivity index (χ3v) is 11.3. The molecule has 364 valence electrons. The van der Waals surface area contributed by atoms with Crippen molar-refractivity contribution in [3.05, 3.63) is 164 Å². The second kappa shape index (κ2) is 21.2. The summed E-state index contributed by atoms with van der Waals surface area (Å²) in [5.41, 5.74) is -6.72. The first-order chi connectivity index (χ1) is 32.2. The van der Waals surface area contributed by atoms with Crippen molar-refractivity contribution in [3.63, 3.8) is 0 Å². The van der Waals surface area contributed by atoms with Gasteiger partial charge in [-0.2, -0.15) is 35.1 Å². The van der Waals surface area contributed by atoms with Gasteiger partial charge < -0.3 is 24.3 Å². The molecule has 0 aromatic heterocycles. The third kappa shape index (κ3) is 8.62. The van der Waals surface area contributed by atoms with E-state index in [2.05, 4.69) is 86.6 Å². The van der Waals surface area contributed by atoms with E-state index in [9.17, 15) is 0 Å². The van der Waals surface area contributed by atoms with Crippen molar-refractivity contribution < 1.29 is 94.5 Å². The molecule has 0 spiro atoms. The lowest BCUT2D eigenvalue weighted by atomic mass is 9.12.